The molecular weight excluding hydrogens is 238 g/mol. The summed E-state index contributed by atoms with van der Waals surface area (Å²) < 4.78 is 0.920. The Hall–Kier alpha value is -0.0500. The molecule has 0 aliphatic heterocycles. The van der Waals surface area contributed by atoms with Crippen LogP contribution in [0.2, 0.25) is 4.34 Å². The Morgan fingerprint density at radius 3 is 2.88 bits per heavy atom. The molecule has 0 radical (unpaired) electrons. The van der Waals surface area contributed by atoms with E-state index in [1.54, 1.807) is 11.3 Å². The maximum Gasteiger partial charge on any atom is 0.0931 e. The lowest BCUT2D eigenvalue weighted by atomic mass is 9.92. The van der Waals surface area contributed by atoms with E-state index in [1.807, 2.05) is 6.07 Å². The van der Waals surface area contributed by atoms with Gasteiger partial charge in [-0.15, -0.1) is 11.3 Å². The van der Waals surface area contributed by atoms with Crippen molar-refractivity contribution in [3.8, 4) is 0 Å². The number of halogens is 1. The molecule has 1 fully saturated rings. The van der Waals surface area contributed by atoms with Gasteiger partial charge in [0.2, 0.25) is 0 Å². The van der Waals surface area contributed by atoms with Crippen molar-refractivity contribution < 1.29 is 0 Å². The third-order valence-electron chi connectivity index (χ3n) is 3.79. The largest absolute Gasteiger partial charge is 0.314 e. The molecule has 1 aliphatic rings. The highest BCUT2D eigenvalue weighted by atomic mass is 35.5. The lowest BCUT2D eigenvalue weighted by molar-refractivity contribution is 0.356. The summed E-state index contributed by atoms with van der Waals surface area (Å²) in [4.78, 5) is 1.44. The summed E-state index contributed by atoms with van der Waals surface area (Å²) in [7, 11) is 0. The molecule has 1 saturated carbocycles. The zero-order valence-corrected chi connectivity index (χ0v) is 11.6. The second kappa shape index (κ2) is 5.52. The van der Waals surface area contributed by atoms with Gasteiger partial charge in [-0.05, 0) is 49.8 Å². The average Bonchev–Trinajstić information content (AvgIpc) is 2.80. The van der Waals surface area contributed by atoms with Crippen molar-refractivity contribution in [1.29, 1.82) is 0 Å². The average molecular weight is 258 g/mol. The van der Waals surface area contributed by atoms with Crippen molar-refractivity contribution in [3.05, 3.63) is 21.3 Å². The zero-order valence-electron chi connectivity index (χ0n) is 10.0. The molecule has 0 saturated heterocycles. The molecule has 90 valence electrons. The summed E-state index contributed by atoms with van der Waals surface area (Å²) in [6.07, 6.45) is 3.90. The van der Waals surface area contributed by atoms with Crippen molar-refractivity contribution in [2.24, 2.45) is 11.8 Å². The van der Waals surface area contributed by atoms with Crippen LogP contribution in [0.15, 0.2) is 12.1 Å². The molecular formula is C13H20ClNS. The molecule has 1 aliphatic carbocycles. The standard InChI is InChI=1S/C13H20ClNS/c1-3-15-12-6-4-10(9(12)2)8-11-5-7-13(14)16-11/h5,7,9-10,12,15H,3-4,6,8H2,1-2H3. The minimum Gasteiger partial charge on any atom is -0.314 e. The molecule has 2 rings (SSSR count). The van der Waals surface area contributed by atoms with E-state index in [9.17, 15) is 0 Å². The van der Waals surface area contributed by atoms with E-state index in [-0.39, 0.29) is 0 Å². The van der Waals surface area contributed by atoms with Crippen molar-refractivity contribution in [2.45, 2.75) is 39.2 Å². The van der Waals surface area contributed by atoms with Crippen molar-refractivity contribution in [2.75, 3.05) is 6.54 Å². The van der Waals surface area contributed by atoms with Gasteiger partial charge in [0.15, 0.2) is 0 Å². The van der Waals surface area contributed by atoms with Gasteiger partial charge in [0, 0.05) is 10.9 Å². The van der Waals surface area contributed by atoms with Crippen LogP contribution in [0.5, 0.6) is 0 Å². The van der Waals surface area contributed by atoms with Crippen LogP contribution in [-0.4, -0.2) is 12.6 Å². The smallest absolute Gasteiger partial charge is 0.0931 e. The van der Waals surface area contributed by atoms with Crippen LogP contribution in [0, 0.1) is 11.8 Å². The SMILES string of the molecule is CCNC1CCC(Cc2ccc(Cl)s2)C1C. The van der Waals surface area contributed by atoms with Gasteiger partial charge in [0.05, 0.1) is 4.34 Å². The Morgan fingerprint density at radius 2 is 2.25 bits per heavy atom. The fraction of sp³-hybridized carbons (Fsp3) is 0.692. The fourth-order valence-electron chi connectivity index (χ4n) is 2.81. The van der Waals surface area contributed by atoms with Crippen molar-refractivity contribution >= 4 is 22.9 Å². The minimum absolute atomic E-state index is 0.727. The fourth-order valence-corrected chi connectivity index (χ4v) is 3.99. The molecule has 16 heavy (non-hydrogen) atoms. The molecule has 1 nitrogen and oxygen atoms in total. The summed E-state index contributed by atoms with van der Waals surface area (Å²) in [6.45, 7) is 5.67. The molecule has 0 spiro atoms. The quantitative estimate of drug-likeness (QED) is 0.861. The maximum absolute atomic E-state index is 5.97. The molecule has 0 amide bonds. The lowest BCUT2D eigenvalue weighted by Crippen LogP contribution is -2.32. The first-order valence-corrected chi connectivity index (χ1v) is 7.37. The predicted octanol–water partition coefficient (Wildman–Crippen LogP) is 3.97. The van der Waals surface area contributed by atoms with Crippen LogP contribution in [0.25, 0.3) is 0 Å². The predicted molar refractivity (Wildman–Crippen MR) is 72.4 cm³/mol. The van der Waals surface area contributed by atoms with Gasteiger partial charge in [0.1, 0.15) is 0 Å². The lowest BCUT2D eigenvalue weighted by Gasteiger charge is -2.20. The Balaban J connectivity index is 1.92. The highest BCUT2D eigenvalue weighted by molar-refractivity contribution is 7.16. The first kappa shape index (κ1) is 12.4. The molecule has 3 unspecified atom stereocenters. The second-order valence-electron chi connectivity index (χ2n) is 4.77. The monoisotopic (exact) mass is 257 g/mol. The normalized spacial score (nSPS) is 29.8. The molecule has 3 atom stereocenters. The van der Waals surface area contributed by atoms with Gasteiger partial charge in [-0.2, -0.15) is 0 Å². The van der Waals surface area contributed by atoms with E-state index in [0.29, 0.717) is 0 Å². The van der Waals surface area contributed by atoms with Crippen LogP contribution in [-0.2, 0) is 6.42 Å². The molecule has 3 heteroatoms. The van der Waals surface area contributed by atoms with Gasteiger partial charge in [0.25, 0.3) is 0 Å². The van der Waals surface area contributed by atoms with E-state index in [4.69, 9.17) is 11.6 Å². The first-order chi connectivity index (χ1) is 7.70. The highest BCUT2D eigenvalue weighted by Crippen LogP contribution is 2.36. The summed E-state index contributed by atoms with van der Waals surface area (Å²) in [6, 6.07) is 4.92. The van der Waals surface area contributed by atoms with Gasteiger partial charge < -0.3 is 5.32 Å². The Kier molecular flexibility index (Phi) is 4.28. The van der Waals surface area contributed by atoms with E-state index in [1.165, 1.54) is 24.1 Å². The molecule has 1 aromatic heterocycles. The van der Waals surface area contributed by atoms with Gasteiger partial charge >= 0.3 is 0 Å². The van der Waals surface area contributed by atoms with Crippen LogP contribution in [0.1, 0.15) is 31.6 Å². The zero-order chi connectivity index (χ0) is 11.5. The van der Waals surface area contributed by atoms with Gasteiger partial charge in [-0.25, -0.2) is 0 Å². The number of rotatable bonds is 4. The Labute approximate surface area is 107 Å². The molecule has 0 bridgehead atoms. The maximum atomic E-state index is 5.97. The first-order valence-electron chi connectivity index (χ1n) is 6.18. The van der Waals surface area contributed by atoms with Crippen molar-refractivity contribution in [3.63, 3.8) is 0 Å². The van der Waals surface area contributed by atoms with Gasteiger partial charge in [-0.3, -0.25) is 0 Å². The molecule has 1 N–H and O–H groups in total. The minimum atomic E-state index is 0.727. The summed E-state index contributed by atoms with van der Waals surface area (Å²) in [5.41, 5.74) is 0. The second-order valence-corrected chi connectivity index (χ2v) is 6.57. The molecule has 0 aromatic carbocycles. The number of thiophene rings is 1. The molecule has 1 aromatic rings. The van der Waals surface area contributed by atoms with Crippen LogP contribution < -0.4 is 5.32 Å². The highest BCUT2D eigenvalue weighted by Gasteiger charge is 2.32. The van der Waals surface area contributed by atoms with Gasteiger partial charge in [-0.1, -0.05) is 25.4 Å². The number of nitrogens with one attached hydrogen (secondary N) is 1. The number of hydrogen-bond acceptors (Lipinski definition) is 2. The van der Waals surface area contributed by atoms with E-state index in [0.717, 1.165) is 28.8 Å². The number of hydrogen-bond donors (Lipinski definition) is 1. The van der Waals surface area contributed by atoms with E-state index < -0.39 is 0 Å². The summed E-state index contributed by atoms with van der Waals surface area (Å²) >= 11 is 7.70. The van der Waals surface area contributed by atoms with Crippen LogP contribution >= 0.6 is 22.9 Å². The molecule has 1 heterocycles. The third kappa shape index (κ3) is 2.79. The summed E-state index contributed by atoms with van der Waals surface area (Å²) in [5.74, 6) is 1.62. The van der Waals surface area contributed by atoms with Crippen LogP contribution in [0.4, 0.5) is 0 Å². The third-order valence-corrected chi connectivity index (χ3v) is 5.04. The Bertz CT molecular complexity index is 336. The van der Waals surface area contributed by atoms with Crippen LogP contribution in [0.3, 0.4) is 0 Å². The van der Waals surface area contributed by atoms with Crippen molar-refractivity contribution in [1.82, 2.24) is 5.32 Å². The summed E-state index contributed by atoms with van der Waals surface area (Å²) in [5, 5.41) is 3.59. The van der Waals surface area contributed by atoms with E-state index in [2.05, 4.69) is 25.2 Å². The Morgan fingerprint density at radius 1 is 1.44 bits per heavy atom. The van der Waals surface area contributed by atoms with E-state index >= 15 is 0 Å². The topological polar surface area (TPSA) is 12.0 Å².